The molecule has 286 valence electrons. The zero-order valence-corrected chi connectivity index (χ0v) is 33.4. The van der Waals surface area contributed by atoms with E-state index in [1.807, 2.05) is 12.1 Å². The van der Waals surface area contributed by atoms with E-state index in [-0.39, 0.29) is 5.41 Å². The Bertz CT molecular complexity index is 3110. The van der Waals surface area contributed by atoms with Crippen molar-refractivity contribution >= 4 is 66.4 Å². The summed E-state index contributed by atoms with van der Waals surface area (Å²) < 4.78 is 0. The summed E-state index contributed by atoms with van der Waals surface area (Å²) in [4.78, 5) is 4.83. The van der Waals surface area contributed by atoms with E-state index in [4.69, 9.17) is 0 Å². The highest BCUT2D eigenvalue weighted by molar-refractivity contribution is 6.28. The molecule has 1 spiro atoms. The minimum absolute atomic E-state index is 0.120. The standard InChI is InChI=1S/C57H43N3/c58-35-36-15-21-45(22-16-36)60(46-23-26-52-50(34-46)47-13-7-8-14-51(47)57(52)41-30-37-29-38(32-41)33-42(57)31-37)54-28-20-40-17-24-48-53(27-19-39-18-25-49(54)56(40)55(39)48)59(43-9-3-1-4-10-43)44-11-5-2-6-12-44/h1-28,34,37-38,41-42H,29-33H2. The van der Waals surface area contributed by atoms with Crippen LogP contribution in [-0.2, 0) is 5.41 Å². The molecule has 0 atom stereocenters. The van der Waals surface area contributed by atoms with Crippen molar-refractivity contribution in [3.8, 4) is 17.2 Å². The Labute approximate surface area is 351 Å². The monoisotopic (exact) mass is 769 g/mol. The minimum atomic E-state index is 0.120. The van der Waals surface area contributed by atoms with E-state index in [0.29, 0.717) is 5.56 Å². The molecular formula is C57H43N3. The lowest BCUT2D eigenvalue weighted by molar-refractivity contribution is -0.0399. The molecule has 4 bridgehead atoms. The Morgan fingerprint density at radius 2 is 0.917 bits per heavy atom. The van der Waals surface area contributed by atoms with E-state index in [9.17, 15) is 5.26 Å². The summed E-state index contributed by atoms with van der Waals surface area (Å²) in [6, 6.07) is 67.2. The van der Waals surface area contributed by atoms with Crippen LogP contribution in [0, 0.1) is 35.0 Å². The SMILES string of the molecule is N#Cc1ccc(N(c2ccc3c(c2)-c2ccccc2C32C3CC4CC(C3)CC2C4)c2ccc3ccc4c(N(c5ccccc5)c5ccccc5)ccc5ccc2c3c54)cc1. The van der Waals surface area contributed by atoms with Gasteiger partial charge in [-0.2, -0.15) is 5.26 Å². The first-order chi connectivity index (χ1) is 29.7. The van der Waals surface area contributed by atoms with Crippen molar-refractivity contribution in [2.45, 2.75) is 37.5 Å². The van der Waals surface area contributed by atoms with Crippen LogP contribution in [0.3, 0.4) is 0 Å². The largest absolute Gasteiger partial charge is 0.310 e. The highest BCUT2D eigenvalue weighted by Gasteiger charge is 2.61. The number of hydrogen-bond donors (Lipinski definition) is 0. The smallest absolute Gasteiger partial charge is 0.0991 e. The molecular weight excluding hydrogens is 727 g/mol. The minimum Gasteiger partial charge on any atom is -0.310 e. The van der Waals surface area contributed by atoms with Gasteiger partial charge in [-0.1, -0.05) is 103 Å². The van der Waals surface area contributed by atoms with Crippen LogP contribution < -0.4 is 9.80 Å². The van der Waals surface area contributed by atoms with Gasteiger partial charge in [0.25, 0.3) is 0 Å². The van der Waals surface area contributed by atoms with E-state index >= 15 is 0 Å². The molecule has 9 aromatic carbocycles. The molecule has 0 heterocycles. The molecule has 60 heavy (non-hydrogen) atoms. The van der Waals surface area contributed by atoms with Crippen molar-refractivity contribution in [1.82, 2.24) is 0 Å². The van der Waals surface area contributed by atoms with Gasteiger partial charge in [-0.25, -0.2) is 0 Å². The van der Waals surface area contributed by atoms with E-state index in [1.54, 1.807) is 11.1 Å². The van der Waals surface area contributed by atoms with Crippen LogP contribution in [0.4, 0.5) is 34.1 Å². The van der Waals surface area contributed by atoms with E-state index < -0.39 is 0 Å². The quantitative estimate of drug-likeness (QED) is 0.158. The van der Waals surface area contributed by atoms with E-state index in [2.05, 4.69) is 180 Å². The Balaban J connectivity index is 1.03. The summed E-state index contributed by atoms with van der Waals surface area (Å²) in [5, 5.41) is 17.3. The summed E-state index contributed by atoms with van der Waals surface area (Å²) in [5.74, 6) is 3.26. The third-order valence-electron chi connectivity index (χ3n) is 15.2. The van der Waals surface area contributed by atoms with Gasteiger partial charge in [0.15, 0.2) is 0 Å². The van der Waals surface area contributed by atoms with Gasteiger partial charge < -0.3 is 9.80 Å². The number of nitrogens with zero attached hydrogens (tertiary/aromatic N) is 3. The second kappa shape index (κ2) is 12.8. The fourth-order valence-corrected chi connectivity index (χ4v) is 13.1. The Morgan fingerprint density at radius 1 is 0.433 bits per heavy atom. The molecule has 0 radical (unpaired) electrons. The lowest BCUT2D eigenvalue weighted by Gasteiger charge is -2.61. The molecule has 0 amide bonds. The first-order valence-corrected chi connectivity index (χ1v) is 21.8. The predicted octanol–water partition coefficient (Wildman–Crippen LogP) is 15.1. The average molecular weight is 770 g/mol. The molecule has 0 N–H and O–H groups in total. The summed E-state index contributed by atoms with van der Waals surface area (Å²) >= 11 is 0. The first kappa shape index (κ1) is 34.0. The lowest BCUT2D eigenvalue weighted by atomic mass is 9.43. The van der Waals surface area contributed by atoms with Crippen LogP contribution in [0.15, 0.2) is 176 Å². The highest BCUT2D eigenvalue weighted by Crippen LogP contribution is 2.69. The van der Waals surface area contributed by atoms with Crippen molar-refractivity contribution in [3.63, 3.8) is 0 Å². The maximum atomic E-state index is 9.85. The van der Waals surface area contributed by atoms with Crippen molar-refractivity contribution < 1.29 is 0 Å². The van der Waals surface area contributed by atoms with E-state index in [1.165, 1.54) is 75.5 Å². The van der Waals surface area contributed by atoms with Gasteiger partial charge in [-0.05, 0) is 172 Å². The van der Waals surface area contributed by atoms with Crippen LogP contribution in [0.1, 0.15) is 48.8 Å². The molecule has 0 aliphatic heterocycles. The Hall–Kier alpha value is -6.89. The maximum Gasteiger partial charge on any atom is 0.0991 e. The molecule has 3 heteroatoms. The molecule has 14 rings (SSSR count). The molecule has 0 saturated heterocycles. The van der Waals surface area contributed by atoms with Crippen molar-refractivity contribution in [3.05, 3.63) is 193 Å². The number of para-hydroxylation sites is 2. The fourth-order valence-electron chi connectivity index (χ4n) is 13.1. The van der Waals surface area contributed by atoms with Gasteiger partial charge in [0.1, 0.15) is 0 Å². The van der Waals surface area contributed by atoms with Crippen LogP contribution >= 0.6 is 0 Å². The normalized spacial score (nSPS) is 22.1. The van der Waals surface area contributed by atoms with Crippen LogP contribution in [0.25, 0.3) is 43.4 Å². The second-order valence-corrected chi connectivity index (χ2v) is 18.0. The number of hydrogen-bond acceptors (Lipinski definition) is 3. The zero-order valence-electron chi connectivity index (χ0n) is 33.4. The number of fused-ring (bicyclic) bond motifs is 3. The molecule has 9 aromatic rings. The Morgan fingerprint density at radius 3 is 1.50 bits per heavy atom. The predicted molar refractivity (Wildman–Crippen MR) is 247 cm³/mol. The van der Waals surface area contributed by atoms with Crippen molar-refractivity contribution in [2.24, 2.45) is 23.7 Å². The summed E-state index contributed by atoms with van der Waals surface area (Å²) in [6.07, 6.45) is 6.95. The maximum absolute atomic E-state index is 9.85. The third-order valence-corrected chi connectivity index (χ3v) is 15.2. The number of rotatable bonds is 6. The number of anilines is 6. The van der Waals surface area contributed by atoms with Crippen LogP contribution in [0.2, 0.25) is 0 Å². The molecule has 5 aliphatic rings. The summed E-state index contributed by atoms with van der Waals surface area (Å²) in [7, 11) is 0. The third kappa shape index (κ3) is 4.71. The first-order valence-electron chi connectivity index (χ1n) is 21.8. The fraction of sp³-hybridized carbons (Fsp3) is 0.175. The van der Waals surface area contributed by atoms with Crippen molar-refractivity contribution in [2.75, 3.05) is 9.80 Å². The summed E-state index contributed by atoms with van der Waals surface area (Å²) in [5.41, 5.74) is 13.5. The lowest BCUT2D eigenvalue weighted by Crippen LogP contribution is -2.55. The molecule has 0 aromatic heterocycles. The van der Waals surface area contributed by atoms with Gasteiger partial charge in [-0.3, -0.25) is 0 Å². The van der Waals surface area contributed by atoms with Gasteiger partial charge in [0.2, 0.25) is 0 Å². The van der Waals surface area contributed by atoms with Crippen molar-refractivity contribution in [1.29, 1.82) is 5.26 Å². The highest BCUT2D eigenvalue weighted by atomic mass is 15.1. The molecule has 0 unspecified atom stereocenters. The van der Waals surface area contributed by atoms with Gasteiger partial charge in [0, 0.05) is 38.9 Å². The van der Waals surface area contributed by atoms with Crippen LogP contribution in [0.5, 0.6) is 0 Å². The molecule has 5 aliphatic carbocycles. The van der Waals surface area contributed by atoms with E-state index in [0.717, 1.165) is 57.8 Å². The average Bonchev–Trinajstić information content (AvgIpc) is 3.59. The van der Waals surface area contributed by atoms with Gasteiger partial charge >= 0.3 is 0 Å². The number of benzene rings is 9. The van der Waals surface area contributed by atoms with Gasteiger partial charge in [-0.15, -0.1) is 0 Å². The topological polar surface area (TPSA) is 30.3 Å². The second-order valence-electron chi connectivity index (χ2n) is 18.0. The molecule has 4 fully saturated rings. The van der Waals surface area contributed by atoms with Crippen LogP contribution in [-0.4, -0.2) is 0 Å². The Kier molecular flexibility index (Phi) is 7.26. The van der Waals surface area contributed by atoms with Gasteiger partial charge in [0.05, 0.1) is 23.0 Å². The number of nitriles is 1. The molecule has 3 nitrogen and oxygen atoms in total. The zero-order chi connectivity index (χ0) is 39.5. The summed E-state index contributed by atoms with van der Waals surface area (Å²) in [6.45, 7) is 0. The molecule has 4 saturated carbocycles.